The monoisotopic (exact) mass is 1230 g/mol. The van der Waals surface area contributed by atoms with Gasteiger partial charge in [0.1, 0.15) is 25.3 Å². The van der Waals surface area contributed by atoms with Crippen molar-refractivity contribution in [2.75, 3.05) is 179 Å². The quantitative estimate of drug-likeness (QED) is 0.0387. The lowest BCUT2D eigenvalue weighted by atomic mass is 9.85. The molecule has 25 heteroatoms. The standard InChI is InChI=1S/C62H100N6O19/c1-61(2,3)55(65-59(72)86-44-42-84-40-38-82-36-34-80-32-30-78-28-26-76-24-22-74-7)57(70)64-53(46-49-14-10-9-11-15-49)54(69)48-68(47-50-17-19-51(20-18-50)52-16-12-13-21-63-52)67-58(71)56(62(4,5)6)66-60(73)87-45-43-85-41-39-83-37-35-81-33-31-79-29-27-77-25-23-75-8/h9-21,53-56,69H,22-48H2,1-8H3,(H,64,70)(H,65,72)(H,66,73)(H,67,71)/t53?,54-,55-,56-/m0/s1. The third kappa shape index (κ3) is 36.6. The van der Waals surface area contributed by atoms with E-state index in [-0.39, 0.29) is 59.2 Å². The number of aliphatic hydroxyl groups excluding tert-OH is 1. The number of aliphatic hydroxyl groups is 1. The maximum Gasteiger partial charge on any atom is 0.407 e. The minimum absolute atomic E-state index is 0.0871. The summed E-state index contributed by atoms with van der Waals surface area (Å²) in [4.78, 5) is 59.7. The van der Waals surface area contributed by atoms with Gasteiger partial charge in [-0.05, 0) is 40.5 Å². The van der Waals surface area contributed by atoms with Crippen LogP contribution in [0.5, 0.6) is 0 Å². The summed E-state index contributed by atoms with van der Waals surface area (Å²) in [5, 5.41) is 22.3. The Hall–Kier alpha value is -5.49. The van der Waals surface area contributed by atoms with Gasteiger partial charge in [-0.2, -0.15) is 0 Å². The fourth-order valence-corrected chi connectivity index (χ4v) is 7.98. The summed E-state index contributed by atoms with van der Waals surface area (Å²) in [6, 6.07) is 19.4. The molecule has 4 atom stereocenters. The second-order valence-electron chi connectivity index (χ2n) is 21.9. The van der Waals surface area contributed by atoms with Gasteiger partial charge in [0.25, 0.3) is 5.91 Å². The summed E-state index contributed by atoms with van der Waals surface area (Å²) >= 11 is 0. The highest BCUT2D eigenvalue weighted by Gasteiger charge is 2.38. The first-order valence-corrected chi connectivity index (χ1v) is 29.7. The number of carbonyl (C=O) groups excluding carboxylic acids is 4. The van der Waals surface area contributed by atoms with Gasteiger partial charge in [0, 0.05) is 39.1 Å². The molecular weight excluding hydrogens is 1130 g/mol. The molecule has 3 aromatic rings. The van der Waals surface area contributed by atoms with Gasteiger partial charge in [0.05, 0.1) is 163 Å². The normalized spacial score (nSPS) is 13.2. The number of aromatic nitrogens is 1. The van der Waals surface area contributed by atoms with Crippen LogP contribution in [0.15, 0.2) is 79.0 Å². The molecule has 492 valence electrons. The molecule has 0 aliphatic heterocycles. The van der Waals surface area contributed by atoms with E-state index in [1.807, 2.05) is 72.8 Å². The minimum Gasteiger partial charge on any atom is -0.447 e. The number of amides is 4. The van der Waals surface area contributed by atoms with Crippen LogP contribution in [0.2, 0.25) is 0 Å². The fraction of sp³-hybridized carbons (Fsp3) is 0.661. The molecule has 0 saturated carbocycles. The van der Waals surface area contributed by atoms with Crippen LogP contribution in [0.25, 0.3) is 11.3 Å². The molecule has 0 aliphatic rings. The number of methoxy groups -OCH3 is 2. The van der Waals surface area contributed by atoms with E-state index in [1.165, 1.54) is 0 Å². The highest BCUT2D eigenvalue weighted by molar-refractivity contribution is 5.87. The molecule has 5 N–H and O–H groups in total. The summed E-state index contributed by atoms with van der Waals surface area (Å²) < 4.78 is 75.5. The molecule has 0 aliphatic carbocycles. The maximum atomic E-state index is 14.4. The van der Waals surface area contributed by atoms with Crippen LogP contribution in [-0.4, -0.2) is 243 Å². The first-order chi connectivity index (χ1) is 42.0. The lowest BCUT2D eigenvalue weighted by Crippen LogP contribution is -2.61. The number of rotatable bonds is 50. The van der Waals surface area contributed by atoms with Crippen molar-refractivity contribution in [3.63, 3.8) is 0 Å². The molecule has 2 aromatic carbocycles. The van der Waals surface area contributed by atoms with Crippen LogP contribution in [0, 0.1) is 10.8 Å². The number of hydrogen-bond donors (Lipinski definition) is 5. The predicted molar refractivity (Wildman–Crippen MR) is 324 cm³/mol. The SMILES string of the molecule is COCCOCCOCCOCCOCCOCCOC(=O)N[C@@H](C(=O)NC(Cc1ccccc1)[C@@H](O)CN(Cc1ccc(-c2ccccn2)cc1)NC(=O)[C@H](NC(=O)OCCOCCOCCOCCOCCOCCOC)C(C)(C)C)C(C)(C)C. The molecule has 1 heterocycles. The van der Waals surface area contributed by atoms with Crippen molar-refractivity contribution >= 4 is 24.0 Å². The molecule has 0 saturated heterocycles. The van der Waals surface area contributed by atoms with Crippen LogP contribution >= 0.6 is 0 Å². The van der Waals surface area contributed by atoms with Gasteiger partial charge in [-0.3, -0.25) is 20.0 Å². The average molecular weight is 1230 g/mol. The third-order valence-electron chi connectivity index (χ3n) is 12.6. The molecular formula is C62H100N6O19. The minimum atomic E-state index is -1.32. The van der Waals surface area contributed by atoms with Gasteiger partial charge in [-0.25, -0.2) is 14.6 Å². The molecule has 87 heavy (non-hydrogen) atoms. The predicted octanol–water partition coefficient (Wildman–Crippen LogP) is 4.41. The van der Waals surface area contributed by atoms with Crippen molar-refractivity contribution < 1.29 is 90.6 Å². The number of pyridine rings is 1. The second kappa shape index (κ2) is 46.6. The zero-order valence-corrected chi connectivity index (χ0v) is 52.6. The van der Waals surface area contributed by atoms with Gasteiger partial charge in [-0.1, -0.05) is 102 Å². The summed E-state index contributed by atoms with van der Waals surface area (Å²) in [5.74, 6) is -1.16. The molecule has 4 amide bonds. The van der Waals surface area contributed by atoms with Crippen LogP contribution in [0.4, 0.5) is 9.59 Å². The number of benzene rings is 2. The Labute approximate surface area is 514 Å². The Morgan fingerprint density at radius 2 is 0.839 bits per heavy atom. The first kappa shape index (κ1) is 75.8. The van der Waals surface area contributed by atoms with Gasteiger partial charge >= 0.3 is 12.2 Å². The van der Waals surface area contributed by atoms with Crippen molar-refractivity contribution in [1.82, 2.24) is 31.4 Å². The lowest BCUT2D eigenvalue weighted by molar-refractivity contribution is -0.132. The number of ether oxygens (including phenoxy) is 14. The highest BCUT2D eigenvalue weighted by Crippen LogP contribution is 2.23. The topological polar surface area (TPSA) is 282 Å². The van der Waals surface area contributed by atoms with Gasteiger partial charge < -0.3 is 87.4 Å². The average Bonchev–Trinajstić information content (AvgIpc) is 2.33. The molecule has 0 spiro atoms. The molecule has 25 nitrogen and oxygen atoms in total. The molecule has 1 aromatic heterocycles. The van der Waals surface area contributed by atoms with Crippen molar-refractivity contribution in [3.05, 3.63) is 90.1 Å². The van der Waals surface area contributed by atoms with E-state index in [0.717, 1.165) is 22.4 Å². The van der Waals surface area contributed by atoms with E-state index in [2.05, 4.69) is 26.4 Å². The van der Waals surface area contributed by atoms with Crippen LogP contribution in [0.3, 0.4) is 0 Å². The number of nitrogens with one attached hydrogen (secondary N) is 4. The lowest BCUT2D eigenvalue weighted by Gasteiger charge is -2.36. The van der Waals surface area contributed by atoms with E-state index in [0.29, 0.717) is 119 Å². The van der Waals surface area contributed by atoms with Crippen LogP contribution in [0.1, 0.15) is 52.7 Å². The summed E-state index contributed by atoms with van der Waals surface area (Å²) in [5.41, 5.74) is 4.55. The summed E-state index contributed by atoms with van der Waals surface area (Å²) in [7, 11) is 3.24. The molecule has 3 rings (SSSR count). The van der Waals surface area contributed by atoms with Crippen LogP contribution < -0.4 is 21.4 Å². The third-order valence-corrected chi connectivity index (χ3v) is 12.6. The maximum absolute atomic E-state index is 14.4. The smallest absolute Gasteiger partial charge is 0.407 e. The fourth-order valence-electron chi connectivity index (χ4n) is 7.98. The number of alkyl carbamates (subject to hydrolysis) is 2. The molecule has 0 fully saturated rings. The second-order valence-corrected chi connectivity index (χ2v) is 21.9. The van der Waals surface area contributed by atoms with Gasteiger partial charge in [-0.15, -0.1) is 0 Å². The Balaban J connectivity index is 1.59. The number of carbonyl (C=O) groups is 4. The van der Waals surface area contributed by atoms with E-state index in [1.54, 1.807) is 67.0 Å². The van der Waals surface area contributed by atoms with Gasteiger partial charge in [0.2, 0.25) is 5.91 Å². The molecule has 1 unspecified atom stereocenters. The summed E-state index contributed by atoms with van der Waals surface area (Å²) in [6.45, 7) is 19.2. The Bertz CT molecular complexity index is 2230. The highest BCUT2D eigenvalue weighted by atomic mass is 16.6. The Morgan fingerprint density at radius 3 is 1.22 bits per heavy atom. The first-order valence-electron chi connectivity index (χ1n) is 29.7. The number of hydrogen-bond acceptors (Lipinski definition) is 21. The largest absolute Gasteiger partial charge is 0.447 e. The van der Waals surface area contributed by atoms with Crippen LogP contribution in [-0.2, 0) is 88.9 Å². The molecule has 0 radical (unpaired) electrons. The number of nitrogens with zero attached hydrogens (tertiary/aromatic N) is 2. The van der Waals surface area contributed by atoms with Crippen molar-refractivity contribution in [1.29, 1.82) is 0 Å². The van der Waals surface area contributed by atoms with Gasteiger partial charge in [0.15, 0.2) is 0 Å². The molecule has 0 bridgehead atoms. The van der Waals surface area contributed by atoms with Crippen molar-refractivity contribution in [3.8, 4) is 11.3 Å². The van der Waals surface area contributed by atoms with Crippen molar-refractivity contribution in [2.45, 2.75) is 78.7 Å². The van der Waals surface area contributed by atoms with Crippen molar-refractivity contribution in [2.24, 2.45) is 10.8 Å². The summed E-state index contributed by atoms with van der Waals surface area (Å²) in [6.07, 6.45) is -1.09. The zero-order valence-electron chi connectivity index (χ0n) is 52.6. The Morgan fingerprint density at radius 1 is 0.460 bits per heavy atom. The Kier molecular flexibility index (Phi) is 40.6. The van der Waals surface area contributed by atoms with E-state index in [4.69, 9.17) is 66.3 Å². The van der Waals surface area contributed by atoms with E-state index in [9.17, 15) is 24.3 Å². The zero-order chi connectivity index (χ0) is 63.2. The number of hydrazine groups is 1. The van der Waals surface area contributed by atoms with E-state index < -0.39 is 59.1 Å². The van der Waals surface area contributed by atoms with E-state index >= 15 is 0 Å².